The predicted octanol–water partition coefficient (Wildman–Crippen LogP) is 16.6. The molecule has 3 heterocycles. The lowest BCUT2D eigenvalue weighted by Crippen LogP contribution is -2.62. The molecule has 7 aromatic rings. The topological polar surface area (TPSA) is 19.6 Å². The summed E-state index contributed by atoms with van der Waals surface area (Å²) < 4.78 is 6.98. The molecule has 3 aliphatic carbocycles. The molecule has 3 nitrogen and oxygen atoms in total. The van der Waals surface area contributed by atoms with Crippen LogP contribution in [0.5, 0.6) is 0 Å². The van der Waals surface area contributed by atoms with Crippen LogP contribution in [0.1, 0.15) is 192 Å². The molecule has 0 spiro atoms. The molecule has 0 atom stereocenters. The van der Waals surface area contributed by atoms with E-state index in [0.29, 0.717) is 0 Å². The van der Waals surface area contributed by atoms with E-state index >= 15 is 0 Å². The van der Waals surface area contributed by atoms with Gasteiger partial charge in [0.05, 0.1) is 0 Å². The molecule has 0 bridgehead atoms. The summed E-state index contributed by atoms with van der Waals surface area (Å²) in [7, 11) is 0. The van der Waals surface area contributed by atoms with Crippen molar-refractivity contribution in [3.63, 3.8) is 0 Å². The first-order valence-corrected chi connectivity index (χ1v) is 26.8. The number of hydrogen-bond donors (Lipinski definition) is 0. The maximum absolute atomic E-state index is 6.98. The first kappa shape index (κ1) is 45.9. The molecular formula is C66H77BN2O. The number of nitrogens with zero attached hydrogens (tertiary/aromatic N) is 2. The number of aryl methyl sites for hydroxylation is 2. The number of hydrogen-bond acceptors (Lipinski definition) is 3. The lowest BCUT2D eigenvalue weighted by Gasteiger charge is -2.48. The lowest BCUT2D eigenvalue weighted by atomic mass is 9.33. The van der Waals surface area contributed by atoms with Crippen molar-refractivity contribution >= 4 is 79.2 Å². The van der Waals surface area contributed by atoms with Crippen molar-refractivity contribution in [2.75, 3.05) is 9.80 Å². The van der Waals surface area contributed by atoms with E-state index in [9.17, 15) is 0 Å². The van der Waals surface area contributed by atoms with E-state index in [1.807, 2.05) is 0 Å². The van der Waals surface area contributed by atoms with E-state index in [0.717, 1.165) is 11.2 Å². The van der Waals surface area contributed by atoms with Crippen molar-refractivity contribution in [2.24, 2.45) is 0 Å². The second-order valence-electron chi connectivity index (χ2n) is 28.0. The van der Waals surface area contributed by atoms with Crippen molar-refractivity contribution in [1.82, 2.24) is 0 Å². The van der Waals surface area contributed by atoms with E-state index in [1.165, 1.54) is 150 Å². The van der Waals surface area contributed by atoms with Crippen LogP contribution in [0, 0.1) is 13.8 Å². The van der Waals surface area contributed by atoms with Gasteiger partial charge in [-0.3, -0.25) is 0 Å². The SMILES string of the molecule is Cc1cc2c3c(c1)N(c1cc4c(cc1C)C(C)(C)CCC4(C)C)c1cc4oc5ccc(C(C)(C)C)cc5c4cc1B3c1cc3c(cc1N2c1ccc2c(c1)C(C)(C)CCC2(C)C)C(C)(C)CCC3(C)C. The van der Waals surface area contributed by atoms with Crippen LogP contribution in [-0.4, -0.2) is 6.71 Å². The van der Waals surface area contributed by atoms with Gasteiger partial charge in [0.15, 0.2) is 0 Å². The lowest BCUT2D eigenvalue weighted by molar-refractivity contribution is 0.332. The molecule has 0 N–H and O–H groups in total. The molecule has 0 radical (unpaired) electrons. The largest absolute Gasteiger partial charge is 0.456 e. The molecule has 5 aliphatic rings. The molecule has 0 amide bonds. The smallest absolute Gasteiger partial charge is 0.252 e. The van der Waals surface area contributed by atoms with E-state index in [2.05, 4.69) is 212 Å². The zero-order valence-corrected chi connectivity index (χ0v) is 45.7. The summed E-state index contributed by atoms with van der Waals surface area (Å²) in [6.45, 7) is 41.3. The summed E-state index contributed by atoms with van der Waals surface area (Å²) in [5, 5.41) is 2.40. The minimum absolute atomic E-state index is 0.00398. The minimum Gasteiger partial charge on any atom is -0.456 e. The zero-order chi connectivity index (χ0) is 49.8. The molecule has 1 aromatic heterocycles. The van der Waals surface area contributed by atoms with Crippen LogP contribution in [0.3, 0.4) is 0 Å². The van der Waals surface area contributed by atoms with Gasteiger partial charge < -0.3 is 14.2 Å². The highest BCUT2D eigenvalue weighted by molar-refractivity contribution is 7.00. The van der Waals surface area contributed by atoms with Gasteiger partial charge in [-0.05, 0) is 205 Å². The molecule has 4 heteroatoms. The van der Waals surface area contributed by atoms with Crippen LogP contribution in [0.15, 0.2) is 89.3 Å². The highest BCUT2D eigenvalue weighted by Gasteiger charge is 2.48. The molecule has 0 saturated heterocycles. The average molecular weight is 925 g/mol. The molecule has 2 aliphatic heterocycles. The first-order valence-electron chi connectivity index (χ1n) is 26.8. The highest BCUT2D eigenvalue weighted by Crippen LogP contribution is 2.55. The third-order valence-electron chi connectivity index (χ3n) is 19.1. The Hall–Kier alpha value is -5.22. The first-order chi connectivity index (χ1) is 32.6. The maximum atomic E-state index is 6.98. The van der Waals surface area contributed by atoms with Crippen LogP contribution in [-0.2, 0) is 37.9 Å². The molecule has 360 valence electrons. The third kappa shape index (κ3) is 6.52. The van der Waals surface area contributed by atoms with Crippen LogP contribution in [0.4, 0.5) is 34.1 Å². The fourth-order valence-electron chi connectivity index (χ4n) is 14.1. The summed E-state index contributed by atoms with van der Waals surface area (Å²) in [5.74, 6) is 0. The molecule has 70 heavy (non-hydrogen) atoms. The van der Waals surface area contributed by atoms with Gasteiger partial charge in [-0.15, -0.1) is 0 Å². The number of rotatable bonds is 2. The van der Waals surface area contributed by atoms with Crippen molar-refractivity contribution in [3.8, 4) is 0 Å². The Balaban J connectivity index is 1.22. The second-order valence-corrected chi connectivity index (χ2v) is 28.0. The van der Waals surface area contributed by atoms with E-state index in [4.69, 9.17) is 4.42 Å². The van der Waals surface area contributed by atoms with E-state index in [1.54, 1.807) is 0 Å². The molecular weight excluding hydrogens is 848 g/mol. The third-order valence-corrected chi connectivity index (χ3v) is 19.1. The summed E-state index contributed by atoms with van der Waals surface area (Å²) >= 11 is 0. The van der Waals surface area contributed by atoms with Gasteiger partial charge in [-0.2, -0.15) is 0 Å². The van der Waals surface area contributed by atoms with Gasteiger partial charge >= 0.3 is 0 Å². The number of benzene rings is 6. The Bertz CT molecular complexity index is 3420. The molecule has 0 saturated carbocycles. The summed E-state index contributed by atoms with van der Waals surface area (Å²) in [5.41, 5.74) is 27.1. The average Bonchev–Trinajstić information content (AvgIpc) is 3.64. The monoisotopic (exact) mass is 925 g/mol. The number of fused-ring (bicyclic) bond motifs is 10. The maximum Gasteiger partial charge on any atom is 0.252 e. The van der Waals surface area contributed by atoms with Crippen LogP contribution in [0.25, 0.3) is 21.9 Å². The zero-order valence-electron chi connectivity index (χ0n) is 45.7. The molecule has 0 unspecified atom stereocenters. The molecule has 0 fully saturated rings. The van der Waals surface area contributed by atoms with Crippen LogP contribution in [0.2, 0.25) is 0 Å². The van der Waals surface area contributed by atoms with Gasteiger partial charge in [-0.25, -0.2) is 0 Å². The second kappa shape index (κ2) is 14.3. The highest BCUT2D eigenvalue weighted by atomic mass is 16.3. The summed E-state index contributed by atoms with van der Waals surface area (Å²) in [6.07, 6.45) is 7.08. The van der Waals surface area contributed by atoms with Gasteiger partial charge in [0.25, 0.3) is 6.71 Å². The Morgan fingerprint density at radius 3 is 1.49 bits per heavy atom. The Labute approximate surface area is 420 Å². The van der Waals surface area contributed by atoms with Crippen molar-refractivity contribution in [1.29, 1.82) is 0 Å². The van der Waals surface area contributed by atoms with Gasteiger partial charge in [-0.1, -0.05) is 134 Å². The van der Waals surface area contributed by atoms with Gasteiger partial charge in [0, 0.05) is 51.0 Å². The number of anilines is 6. The van der Waals surface area contributed by atoms with Crippen molar-refractivity contribution in [2.45, 2.75) is 194 Å². The fourth-order valence-corrected chi connectivity index (χ4v) is 14.1. The quantitative estimate of drug-likeness (QED) is 0.161. The Kier molecular flexibility index (Phi) is 9.35. The van der Waals surface area contributed by atoms with E-state index in [-0.39, 0.29) is 44.6 Å². The van der Waals surface area contributed by atoms with Crippen molar-refractivity contribution < 1.29 is 4.42 Å². The predicted molar refractivity (Wildman–Crippen MR) is 302 cm³/mol. The minimum atomic E-state index is -0.00398. The Morgan fingerprint density at radius 1 is 0.429 bits per heavy atom. The van der Waals surface area contributed by atoms with Gasteiger partial charge in [0.2, 0.25) is 0 Å². The van der Waals surface area contributed by atoms with Crippen LogP contribution >= 0.6 is 0 Å². The summed E-state index contributed by atoms with van der Waals surface area (Å²) in [4.78, 5) is 5.38. The Morgan fingerprint density at radius 2 is 0.900 bits per heavy atom. The fraction of sp³-hybridized carbons (Fsp3) is 0.455. The molecule has 6 aromatic carbocycles. The number of furan rings is 1. The van der Waals surface area contributed by atoms with Crippen molar-refractivity contribution in [3.05, 3.63) is 135 Å². The van der Waals surface area contributed by atoms with E-state index < -0.39 is 0 Å². The van der Waals surface area contributed by atoms with Gasteiger partial charge in [0.1, 0.15) is 11.2 Å². The van der Waals surface area contributed by atoms with Crippen LogP contribution < -0.4 is 26.2 Å². The molecule has 12 rings (SSSR count). The summed E-state index contributed by atoms with van der Waals surface area (Å²) in [6, 6.07) is 35.0. The standard InChI is InChI=1S/C66H77BN2O/c1-38-28-55-59-56(29-38)69(52-35-48-45(30-39(52)2)62(8,9)24-26-65(48,14)15)54-37-58-43(42-31-40(60(3,4)5)18-21-57(42)70-58)33-50(54)67(59)51-34-47-49(66(16,17)27-25-64(47,12)13)36-53(51)68(55)41-19-20-44-46(32-41)63(10,11)23-22-61(44,6)7/h18-21,28-37H,22-27H2,1-17H3. The normalized spacial score (nSPS) is 20.6.